The van der Waals surface area contributed by atoms with Crippen LogP contribution in [0, 0.1) is 6.92 Å². The van der Waals surface area contributed by atoms with E-state index in [0.29, 0.717) is 42.9 Å². The number of hydrogen-bond acceptors (Lipinski definition) is 6. The summed E-state index contributed by atoms with van der Waals surface area (Å²) in [5, 5.41) is 4.23. The number of methoxy groups -OCH3 is 1. The van der Waals surface area contributed by atoms with E-state index < -0.39 is 5.54 Å². The zero-order chi connectivity index (χ0) is 23.0. The number of rotatable bonds is 7. The molecule has 0 radical (unpaired) electrons. The molecule has 1 amide bonds. The van der Waals surface area contributed by atoms with E-state index in [9.17, 15) is 4.79 Å². The maximum absolute atomic E-state index is 13.5. The minimum atomic E-state index is -0.648. The summed E-state index contributed by atoms with van der Waals surface area (Å²) >= 11 is 0. The van der Waals surface area contributed by atoms with E-state index in [1.54, 1.807) is 13.3 Å². The van der Waals surface area contributed by atoms with Gasteiger partial charge in [0.2, 0.25) is 0 Å². The minimum absolute atomic E-state index is 0.151. The van der Waals surface area contributed by atoms with E-state index >= 15 is 0 Å². The topological polar surface area (TPSA) is 72.9 Å². The number of aromatic nitrogens is 1. The van der Waals surface area contributed by atoms with Gasteiger partial charge in [0, 0.05) is 29.3 Å². The quantitative estimate of drug-likeness (QED) is 0.599. The molecular weight excluding hydrogens is 418 g/mol. The Balaban J connectivity index is 1.42. The van der Waals surface area contributed by atoms with Gasteiger partial charge in [0.15, 0.2) is 0 Å². The summed E-state index contributed by atoms with van der Waals surface area (Å²) < 4.78 is 17.1. The Morgan fingerprint density at radius 2 is 2.09 bits per heavy atom. The number of aryl methyl sites for hydroxylation is 1. The molecule has 2 aliphatic rings. The van der Waals surface area contributed by atoms with Gasteiger partial charge >= 0.3 is 0 Å². The lowest BCUT2D eigenvalue weighted by molar-refractivity contribution is -0.0727. The molecule has 2 aromatic carbocycles. The maximum atomic E-state index is 13.5. The lowest BCUT2D eigenvalue weighted by Gasteiger charge is -2.43. The van der Waals surface area contributed by atoms with Crippen molar-refractivity contribution in [1.29, 1.82) is 0 Å². The van der Waals surface area contributed by atoms with Crippen molar-refractivity contribution in [1.82, 2.24) is 15.2 Å². The normalized spacial score (nSPS) is 19.4. The number of ether oxygens (including phenoxy) is 3. The standard InChI is InChI=1S/C26H29N3O4/c1-17-6-7-19(33-14-18-8-10-29(18)2)11-22(17)25(30)28-26(15-32-16-26)23-12-20(31-3)13-24-21(23)5-4-9-27-24/h4-7,9,11-13,18H,8,10,14-16H2,1-3H3,(H,28,30). The van der Waals surface area contributed by atoms with Crippen molar-refractivity contribution in [2.75, 3.05) is 40.5 Å². The summed E-state index contributed by atoms with van der Waals surface area (Å²) in [6.07, 6.45) is 2.89. The number of carbonyl (C=O) groups is 1. The third-order valence-electron chi connectivity index (χ3n) is 6.83. The number of fused-ring (bicyclic) bond motifs is 1. The lowest BCUT2D eigenvalue weighted by atomic mass is 9.84. The van der Waals surface area contributed by atoms with Crippen LogP contribution in [-0.4, -0.2) is 62.4 Å². The van der Waals surface area contributed by atoms with Crippen LogP contribution in [0.4, 0.5) is 0 Å². The summed E-state index contributed by atoms with van der Waals surface area (Å²) in [4.78, 5) is 20.2. The van der Waals surface area contributed by atoms with E-state index in [1.807, 2.05) is 49.4 Å². The molecule has 1 aromatic heterocycles. The summed E-state index contributed by atoms with van der Waals surface area (Å²) in [6.45, 7) is 4.45. The molecule has 7 heteroatoms. The van der Waals surface area contributed by atoms with Gasteiger partial charge in [-0.15, -0.1) is 0 Å². The van der Waals surface area contributed by atoms with Gasteiger partial charge in [-0.25, -0.2) is 0 Å². The van der Waals surface area contributed by atoms with Gasteiger partial charge in [-0.2, -0.15) is 0 Å². The summed E-state index contributed by atoms with van der Waals surface area (Å²) in [6, 6.07) is 13.9. The smallest absolute Gasteiger partial charge is 0.252 e. The fraction of sp³-hybridized carbons (Fsp3) is 0.385. The van der Waals surface area contributed by atoms with Crippen molar-refractivity contribution in [3.8, 4) is 11.5 Å². The van der Waals surface area contributed by atoms with E-state index in [2.05, 4.69) is 22.2 Å². The van der Waals surface area contributed by atoms with E-state index in [1.165, 1.54) is 0 Å². The van der Waals surface area contributed by atoms with Crippen molar-refractivity contribution in [3.05, 3.63) is 65.4 Å². The molecule has 33 heavy (non-hydrogen) atoms. The average Bonchev–Trinajstić information content (AvgIpc) is 2.80. The lowest BCUT2D eigenvalue weighted by Crippen LogP contribution is -2.59. The second kappa shape index (κ2) is 8.65. The fourth-order valence-electron chi connectivity index (χ4n) is 4.46. The predicted octanol–water partition coefficient (Wildman–Crippen LogP) is 3.29. The molecule has 172 valence electrons. The number of pyridine rings is 1. The van der Waals surface area contributed by atoms with Gasteiger partial charge in [-0.05, 0) is 62.3 Å². The molecule has 5 rings (SSSR count). The zero-order valence-electron chi connectivity index (χ0n) is 19.3. The molecule has 0 spiro atoms. The second-order valence-corrected chi connectivity index (χ2v) is 8.98. The van der Waals surface area contributed by atoms with Crippen molar-refractivity contribution in [2.24, 2.45) is 0 Å². The summed E-state index contributed by atoms with van der Waals surface area (Å²) in [5.74, 6) is 1.26. The number of likely N-dealkylation sites (N-methyl/N-ethyl adjacent to an activating group) is 1. The zero-order valence-corrected chi connectivity index (χ0v) is 19.3. The number of amides is 1. The minimum Gasteiger partial charge on any atom is -0.497 e. The first-order chi connectivity index (χ1) is 16.0. The first kappa shape index (κ1) is 21.7. The van der Waals surface area contributed by atoms with Gasteiger partial charge in [-0.3, -0.25) is 14.7 Å². The third-order valence-corrected chi connectivity index (χ3v) is 6.83. The van der Waals surface area contributed by atoms with Crippen LogP contribution in [0.2, 0.25) is 0 Å². The molecule has 2 aliphatic heterocycles. The molecule has 7 nitrogen and oxygen atoms in total. The van der Waals surface area contributed by atoms with Crippen LogP contribution in [0.15, 0.2) is 48.7 Å². The predicted molar refractivity (Wildman–Crippen MR) is 126 cm³/mol. The van der Waals surface area contributed by atoms with Crippen molar-refractivity contribution in [2.45, 2.75) is 24.9 Å². The number of likely N-dealkylation sites (tertiary alicyclic amines) is 1. The third kappa shape index (κ3) is 4.03. The van der Waals surface area contributed by atoms with Crippen LogP contribution < -0.4 is 14.8 Å². The molecule has 3 heterocycles. The Bertz CT molecular complexity index is 1190. The van der Waals surface area contributed by atoms with Gasteiger partial charge in [0.25, 0.3) is 5.91 Å². The van der Waals surface area contributed by atoms with Gasteiger partial charge < -0.3 is 19.5 Å². The Morgan fingerprint density at radius 1 is 1.24 bits per heavy atom. The SMILES string of the molecule is COc1cc(C2(NC(=O)c3cc(OCC4CCN4C)ccc3C)COC2)c2cccnc2c1. The average molecular weight is 448 g/mol. The summed E-state index contributed by atoms with van der Waals surface area (Å²) in [5.41, 5.74) is 2.62. The molecule has 0 bridgehead atoms. The molecule has 2 saturated heterocycles. The molecule has 1 unspecified atom stereocenters. The highest BCUT2D eigenvalue weighted by atomic mass is 16.5. The van der Waals surface area contributed by atoms with Crippen molar-refractivity contribution in [3.63, 3.8) is 0 Å². The highest BCUT2D eigenvalue weighted by Crippen LogP contribution is 2.37. The number of hydrogen-bond donors (Lipinski definition) is 1. The Kier molecular flexibility index (Phi) is 5.68. The van der Waals surface area contributed by atoms with Crippen LogP contribution in [-0.2, 0) is 10.3 Å². The molecular formula is C26H29N3O4. The first-order valence-electron chi connectivity index (χ1n) is 11.3. The summed E-state index contributed by atoms with van der Waals surface area (Å²) in [7, 11) is 3.73. The van der Waals surface area contributed by atoms with Crippen LogP contribution in [0.3, 0.4) is 0 Å². The molecule has 0 aliphatic carbocycles. The Morgan fingerprint density at radius 3 is 2.76 bits per heavy atom. The van der Waals surface area contributed by atoms with E-state index in [4.69, 9.17) is 14.2 Å². The molecule has 3 aromatic rings. The number of nitrogens with one attached hydrogen (secondary N) is 1. The first-order valence-corrected chi connectivity index (χ1v) is 11.3. The van der Waals surface area contributed by atoms with Crippen LogP contribution in [0.1, 0.15) is 27.9 Å². The molecule has 2 fully saturated rings. The van der Waals surface area contributed by atoms with Crippen molar-refractivity contribution >= 4 is 16.8 Å². The van der Waals surface area contributed by atoms with Crippen LogP contribution in [0.25, 0.3) is 10.9 Å². The van der Waals surface area contributed by atoms with Crippen LogP contribution >= 0.6 is 0 Å². The number of nitrogens with zero attached hydrogens (tertiary/aromatic N) is 2. The second-order valence-electron chi connectivity index (χ2n) is 8.98. The Hall–Kier alpha value is -3.16. The van der Waals surface area contributed by atoms with Crippen LogP contribution in [0.5, 0.6) is 11.5 Å². The monoisotopic (exact) mass is 447 g/mol. The fourth-order valence-corrected chi connectivity index (χ4v) is 4.46. The van der Waals surface area contributed by atoms with E-state index in [0.717, 1.165) is 35.0 Å². The van der Waals surface area contributed by atoms with Gasteiger partial charge in [-0.1, -0.05) is 12.1 Å². The van der Waals surface area contributed by atoms with Gasteiger partial charge in [0.05, 0.1) is 25.8 Å². The van der Waals surface area contributed by atoms with E-state index in [-0.39, 0.29) is 5.91 Å². The Labute approximate surface area is 193 Å². The molecule has 1 atom stereocenters. The van der Waals surface area contributed by atoms with Crippen molar-refractivity contribution < 1.29 is 19.0 Å². The van der Waals surface area contributed by atoms with Gasteiger partial charge in [0.1, 0.15) is 23.6 Å². The maximum Gasteiger partial charge on any atom is 0.252 e. The molecule has 1 N–H and O–H groups in total. The molecule has 0 saturated carbocycles. The highest BCUT2D eigenvalue weighted by Gasteiger charge is 2.43. The number of benzene rings is 2. The number of carbonyl (C=O) groups excluding carboxylic acids is 1. The largest absolute Gasteiger partial charge is 0.497 e. The highest BCUT2D eigenvalue weighted by molar-refractivity contribution is 5.97.